The molecule has 1 aromatic rings. The SMILES string of the molecule is O=C(CCl)c1ccc(O)c(I)c1I. The lowest BCUT2D eigenvalue weighted by Gasteiger charge is -2.04. The highest BCUT2D eigenvalue weighted by molar-refractivity contribution is 14.1. The maximum Gasteiger partial charge on any atom is 0.178 e. The van der Waals surface area contributed by atoms with E-state index in [1.165, 1.54) is 6.07 Å². The third-order valence-corrected chi connectivity index (χ3v) is 4.97. The Labute approximate surface area is 108 Å². The van der Waals surface area contributed by atoms with Crippen molar-refractivity contribution < 1.29 is 9.90 Å². The summed E-state index contributed by atoms with van der Waals surface area (Å²) in [5, 5.41) is 9.32. The standard InChI is InChI=1S/C8H5ClI2O2/c9-3-6(13)4-1-2-5(12)8(11)7(4)10/h1-2,12H,3H2. The summed E-state index contributed by atoms with van der Waals surface area (Å²) in [6.07, 6.45) is 0. The Bertz CT molecular complexity index is 352. The van der Waals surface area contributed by atoms with Crippen LogP contribution in [0.2, 0.25) is 0 Å². The Kier molecular flexibility index (Phi) is 4.24. The molecule has 0 spiro atoms. The highest BCUT2D eigenvalue weighted by Crippen LogP contribution is 2.27. The second-order valence-electron chi connectivity index (χ2n) is 2.32. The number of benzene rings is 1. The van der Waals surface area contributed by atoms with E-state index in [0.717, 1.165) is 3.57 Å². The highest BCUT2D eigenvalue weighted by atomic mass is 127. The van der Waals surface area contributed by atoms with Crippen LogP contribution in [0.25, 0.3) is 0 Å². The molecule has 0 radical (unpaired) electrons. The number of halogens is 3. The predicted octanol–water partition coefficient (Wildman–Crippen LogP) is 3.02. The summed E-state index contributed by atoms with van der Waals surface area (Å²) in [5.41, 5.74) is 0.567. The van der Waals surface area contributed by atoms with E-state index in [0.29, 0.717) is 9.13 Å². The number of hydrogen-bond donors (Lipinski definition) is 1. The summed E-state index contributed by atoms with van der Waals surface area (Å²) in [6, 6.07) is 3.09. The number of phenolic OH excluding ortho intramolecular Hbond substituents is 1. The average Bonchev–Trinajstić information content (AvgIpc) is 2.13. The van der Waals surface area contributed by atoms with Gasteiger partial charge < -0.3 is 5.11 Å². The fourth-order valence-corrected chi connectivity index (χ4v) is 2.20. The van der Waals surface area contributed by atoms with Gasteiger partial charge in [-0.25, -0.2) is 0 Å². The van der Waals surface area contributed by atoms with Gasteiger partial charge in [0.2, 0.25) is 0 Å². The average molecular weight is 422 g/mol. The molecule has 0 unspecified atom stereocenters. The number of aromatic hydroxyl groups is 1. The number of carbonyl (C=O) groups is 1. The molecule has 1 N–H and O–H groups in total. The van der Waals surface area contributed by atoms with E-state index >= 15 is 0 Å². The van der Waals surface area contributed by atoms with Crippen molar-refractivity contribution in [1.29, 1.82) is 0 Å². The number of alkyl halides is 1. The van der Waals surface area contributed by atoms with Gasteiger partial charge in [-0.3, -0.25) is 4.79 Å². The first kappa shape index (κ1) is 11.5. The molecular formula is C8H5ClI2O2. The van der Waals surface area contributed by atoms with Crippen LogP contribution in [0.4, 0.5) is 0 Å². The Morgan fingerprint density at radius 2 is 2.00 bits per heavy atom. The van der Waals surface area contributed by atoms with Crippen LogP contribution >= 0.6 is 56.8 Å². The minimum absolute atomic E-state index is 0.0309. The van der Waals surface area contributed by atoms with E-state index in [2.05, 4.69) is 0 Å². The van der Waals surface area contributed by atoms with Crippen LogP contribution in [-0.4, -0.2) is 16.8 Å². The van der Waals surface area contributed by atoms with Crippen molar-refractivity contribution in [2.75, 3.05) is 5.88 Å². The Balaban J connectivity index is 3.26. The smallest absolute Gasteiger partial charge is 0.178 e. The van der Waals surface area contributed by atoms with Gasteiger partial charge in [-0.05, 0) is 57.3 Å². The number of hydrogen-bond acceptors (Lipinski definition) is 2. The zero-order valence-corrected chi connectivity index (χ0v) is 11.4. The van der Waals surface area contributed by atoms with Crippen LogP contribution < -0.4 is 0 Å². The Hall–Kier alpha value is 0.440. The van der Waals surface area contributed by atoms with Gasteiger partial charge >= 0.3 is 0 Å². The van der Waals surface area contributed by atoms with Crippen LogP contribution in [-0.2, 0) is 0 Å². The molecule has 0 amide bonds. The maximum atomic E-state index is 11.3. The van der Waals surface area contributed by atoms with Gasteiger partial charge in [0.05, 0.1) is 9.45 Å². The quantitative estimate of drug-likeness (QED) is 0.452. The van der Waals surface area contributed by atoms with Gasteiger partial charge in [0, 0.05) is 9.13 Å². The fourth-order valence-electron chi connectivity index (χ4n) is 0.827. The van der Waals surface area contributed by atoms with Crippen molar-refractivity contribution in [2.45, 2.75) is 0 Å². The lowest BCUT2D eigenvalue weighted by Crippen LogP contribution is -2.04. The molecule has 0 aliphatic heterocycles. The van der Waals surface area contributed by atoms with Crippen molar-refractivity contribution in [2.24, 2.45) is 0 Å². The van der Waals surface area contributed by atoms with Crippen molar-refractivity contribution in [3.8, 4) is 5.75 Å². The summed E-state index contributed by atoms with van der Waals surface area (Å²) in [5.74, 6) is 0.0386. The predicted molar refractivity (Wildman–Crippen MR) is 68.6 cm³/mol. The van der Waals surface area contributed by atoms with E-state index in [4.69, 9.17) is 11.6 Å². The maximum absolute atomic E-state index is 11.3. The molecule has 0 aromatic heterocycles. The van der Waals surface area contributed by atoms with Gasteiger partial charge in [0.1, 0.15) is 5.75 Å². The number of carbonyl (C=O) groups excluding carboxylic acids is 1. The molecule has 1 rings (SSSR count). The van der Waals surface area contributed by atoms with E-state index in [1.54, 1.807) is 6.07 Å². The van der Waals surface area contributed by atoms with E-state index in [9.17, 15) is 9.90 Å². The molecule has 0 saturated carbocycles. The summed E-state index contributed by atoms with van der Waals surface area (Å²) < 4.78 is 1.44. The van der Waals surface area contributed by atoms with Gasteiger partial charge in [0.25, 0.3) is 0 Å². The van der Waals surface area contributed by atoms with Gasteiger partial charge in [-0.1, -0.05) is 0 Å². The first-order valence-electron chi connectivity index (χ1n) is 3.34. The zero-order valence-electron chi connectivity index (χ0n) is 6.35. The topological polar surface area (TPSA) is 37.3 Å². The van der Waals surface area contributed by atoms with Crippen molar-refractivity contribution in [3.05, 3.63) is 24.8 Å². The normalized spacial score (nSPS) is 10.1. The fraction of sp³-hybridized carbons (Fsp3) is 0.125. The van der Waals surface area contributed by atoms with Crippen LogP contribution in [0.3, 0.4) is 0 Å². The third kappa shape index (κ3) is 2.47. The number of rotatable bonds is 2. The molecule has 1 aromatic carbocycles. The lowest BCUT2D eigenvalue weighted by molar-refractivity contribution is 0.102. The van der Waals surface area contributed by atoms with E-state index < -0.39 is 0 Å². The molecule has 70 valence electrons. The molecule has 0 fully saturated rings. The molecule has 0 aliphatic carbocycles. The second kappa shape index (κ2) is 4.79. The minimum atomic E-state index is -0.121. The number of ketones is 1. The highest BCUT2D eigenvalue weighted by Gasteiger charge is 2.13. The monoisotopic (exact) mass is 422 g/mol. The Morgan fingerprint density at radius 3 is 2.54 bits per heavy atom. The molecule has 0 bridgehead atoms. The van der Waals surface area contributed by atoms with Crippen molar-refractivity contribution in [3.63, 3.8) is 0 Å². The second-order valence-corrected chi connectivity index (χ2v) is 4.74. The molecule has 5 heteroatoms. The zero-order chi connectivity index (χ0) is 10.0. The summed E-state index contributed by atoms with van der Waals surface area (Å²) in [6.45, 7) is 0. The van der Waals surface area contributed by atoms with Gasteiger partial charge in [0.15, 0.2) is 5.78 Å². The molecular weight excluding hydrogens is 417 g/mol. The summed E-state index contributed by atoms with van der Waals surface area (Å²) in [7, 11) is 0. The molecule has 2 nitrogen and oxygen atoms in total. The first-order valence-corrected chi connectivity index (χ1v) is 6.03. The van der Waals surface area contributed by atoms with Crippen LogP contribution in [0.1, 0.15) is 10.4 Å². The van der Waals surface area contributed by atoms with Crippen molar-refractivity contribution >= 4 is 62.6 Å². The molecule has 0 saturated heterocycles. The van der Waals surface area contributed by atoms with Gasteiger partial charge in [-0.2, -0.15) is 0 Å². The largest absolute Gasteiger partial charge is 0.507 e. The van der Waals surface area contributed by atoms with Gasteiger partial charge in [-0.15, -0.1) is 11.6 Å². The summed E-state index contributed by atoms with van der Waals surface area (Å²) >= 11 is 9.45. The molecule has 0 aliphatic rings. The van der Waals surface area contributed by atoms with E-state index in [-0.39, 0.29) is 17.4 Å². The van der Waals surface area contributed by atoms with Crippen LogP contribution in [0, 0.1) is 7.14 Å². The molecule has 0 heterocycles. The summed E-state index contributed by atoms with van der Waals surface area (Å²) in [4.78, 5) is 11.3. The van der Waals surface area contributed by atoms with Crippen LogP contribution in [0.15, 0.2) is 12.1 Å². The van der Waals surface area contributed by atoms with Crippen molar-refractivity contribution in [1.82, 2.24) is 0 Å². The molecule has 0 atom stereocenters. The lowest BCUT2D eigenvalue weighted by atomic mass is 10.1. The van der Waals surface area contributed by atoms with E-state index in [1.807, 2.05) is 45.2 Å². The minimum Gasteiger partial charge on any atom is -0.507 e. The van der Waals surface area contributed by atoms with Crippen LogP contribution in [0.5, 0.6) is 5.75 Å². The molecule has 13 heavy (non-hydrogen) atoms. The number of phenols is 1. The Morgan fingerprint density at radius 1 is 1.38 bits per heavy atom. The third-order valence-electron chi connectivity index (χ3n) is 1.48. The number of Topliss-reactive ketones (excluding diaryl/α,β-unsaturated/α-hetero) is 1. The first-order chi connectivity index (χ1) is 6.07.